The van der Waals surface area contributed by atoms with Gasteiger partial charge < -0.3 is 14.8 Å². The molecule has 0 spiro atoms. The first-order chi connectivity index (χ1) is 19.3. The van der Waals surface area contributed by atoms with Crippen molar-refractivity contribution in [1.82, 2.24) is 5.32 Å². The molecule has 1 heterocycles. The number of carbonyl (C=O) groups excluding carboxylic acids is 1. The molecule has 1 N–H and O–H groups in total. The average molecular weight is 686 g/mol. The van der Waals surface area contributed by atoms with Gasteiger partial charge in [0.15, 0.2) is 16.7 Å². The fourth-order valence-corrected chi connectivity index (χ4v) is 5.92. The standard InChI is InChI=1S/C29H21ClIN3O5S/c1-2-38-25-13-17(12-23(31)27(25)39-16-19-8-5-7-18-6-3-4-9-21(18)19)14-26-28(35)33-29(40-26)32-24-11-10-20(34(36)37)15-22(24)30/h3-15H,2,16H2,1H3,(H,32,33,35)/b26-14+. The van der Waals surface area contributed by atoms with Crippen LogP contribution in [0.3, 0.4) is 0 Å². The van der Waals surface area contributed by atoms with E-state index in [0.717, 1.165) is 37.2 Å². The number of nitro groups is 1. The van der Waals surface area contributed by atoms with Gasteiger partial charge in [-0.05, 0) is 87.5 Å². The number of nitrogens with zero attached hydrogens (tertiary/aromatic N) is 2. The molecule has 1 aliphatic rings. The van der Waals surface area contributed by atoms with E-state index >= 15 is 0 Å². The molecule has 1 saturated heterocycles. The Hall–Kier alpha value is -3.61. The molecule has 1 aliphatic heterocycles. The second kappa shape index (κ2) is 12.3. The van der Waals surface area contributed by atoms with Gasteiger partial charge in [0.05, 0.1) is 30.7 Å². The third-order valence-electron chi connectivity index (χ3n) is 5.90. The monoisotopic (exact) mass is 685 g/mol. The van der Waals surface area contributed by atoms with Crippen LogP contribution in [0.15, 0.2) is 82.7 Å². The number of carbonyl (C=O) groups is 1. The normalized spacial score (nSPS) is 15.0. The molecular weight excluding hydrogens is 665 g/mol. The molecule has 40 heavy (non-hydrogen) atoms. The smallest absolute Gasteiger partial charge is 0.271 e. The van der Waals surface area contributed by atoms with Crippen LogP contribution in [0.1, 0.15) is 18.1 Å². The lowest BCUT2D eigenvalue weighted by Crippen LogP contribution is -2.19. The molecule has 1 fully saturated rings. The number of rotatable bonds is 8. The van der Waals surface area contributed by atoms with Gasteiger partial charge in [-0.3, -0.25) is 14.9 Å². The summed E-state index contributed by atoms with van der Waals surface area (Å²) in [5.41, 5.74) is 2.01. The van der Waals surface area contributed by atoms with Gasteiger partial charge in [-0.25, -0.2) is 4.99 Å². The fraction of sp³-hybridized carbons (Fsp3) is 0.103. The van der Waals surface area contributed by atoms with Crippen LogP contribution >= 0.6 is 46.0 Å². The number of amidine groups is 1. The molecule has 0 bridgehead atoms. The van der Waals surface area contributed by atoms with E-state index in [2.05, 4.69) is 51.1 Å². The summed E-state index contributed by atoms with van der Waals surface area (Å²) in [6.45, 7) is 2.72. The molecule has 4 aromatic rings. The molecule has 5 rings (SSSR count). The SMILES string of the molecule is CCOc1cc(/C=C2/SC(=Nc3ccc([N+](=O)[O-])cc3Cl)NC2=O)cc(I)c1OCc1cccc2ccccc12. The summed E-state index contributed by atoms with van der Waals surface area (Å²) in [7, 11) is 0. The molecule has 8 nitrogen and oxygen atoms in total. The predicted octanol–water partition coefficient (Wildman–Crippen LogP) is 7.88. The van der Waals surface area contributed by atoms with Crippen LogP contribution in [0, 0.1) is 13.7 Å². The van der Waals surface area contributed by atoms with Gasteiger partial charge in [0.2, 0.25) is 0 Å². The maximum atomic E-state index is 12.7. The zero-order chi connectivity index (χ0) is 28.2. The summed E-state index contributed by atoms with van der Waals surface area (Å²) in [6, 6.07) is 22.0. The highest BCUT2D eigenvalue weighted by Crippen LogP contribution is 2.38. The van der Waals surface area contributed by atoms with E-state index in [1.807, 2.05) is 43.3 Å². The molecule has 0 atom stereocenters. The number of aliphatic imine (C=N–C) groups is 1. The van der Waals surface area contributed by atoms with Crippen LogP contribution in [0.5, 0.6) is 11.5 Å². The van der Waals surface area contributed by atoms with Gasteiger partial charge in [0, 0.05) is 12.1 Å². The molecule has 0 unspecified atom stereocenters. The molecule has 11 heteroatoms. The second-order valence-electron chi connectivity index (χ2n) is 8.56. The summed E-state index contributed by atoms with van der Waals surface area (Å²) in [6.07, 6.45) is 1.75. The highest BCUT2D eigenvalue weighted by Gasteiger charge is 2.25. The molecule has 0 aromatic heterocycles. The number of benzene rings is 4. The van der Waals surface area contributed by atoms with E-state index in [1.165, 1.54) is 18.2 Å². The molecule has 4 aromatic carbocycles. The van der Waals surface area contributed by atoms with Crippen LogP contribution < -0.4 is 14.8 Å². The van der Waals surface area contributed by atoms with E-state index in [-0.39, 0.29) is 16.6 Å². The Morgan fingerprint density at radius 2 is 1.90 bits per heavy atom. The fourth-order valence-electron chi connectivity index (χ4n) is 4.08. The van der Waals surface area contributed by atoms with Crippen molar-refractivity contribution < 1.29 is 19.2 Å². The van der Waals surface area contributed by atoms with Crippen molar-refractivity contribution in [2.45, 2.75) is 13.5 Å². The Morgan fingerprint density at radius 3 is 2.67 bits per heavy atom. The topological polar surface area (TPSA) is 103 Å². The summed E-state index contributed by atoms with van der Waals surface area (Å²) >= 11 is 9.51. The number of nitrogens with one attached hydrogen (secondary N) is 1. The van der Waals surface area contributed by atoms with Crippen LogP contribution in [-0.2, 0) is 11.4 Å². The van der Waals surface area contributed by atoms with E-state index in [1.54, 1.807) is 6.08 Å². The Bertz CT molecular complexity index is 1700. The maximum absolute atomic E-state index is 12.7. The minimum Gasteiger partial charge on any atom is -0.490 e. The van der Waals surface area contributed by atoms with Gasteiger partial charge in [-0.15, -0.1) is 0 Å². The zero-order valence-electron chi connectivity index (χ0n) is 21.0. The van der Waals surface area contributed by atoms with Crippen LogP contribution in [0.2, 0.25) is 5.02 Å². The van der Waals surface area contributed by atoms with Crippen molar-refractivity contribution in [1.29, 1.82) is 0 Å². The average Bonchev–Trinajstić information content (AvgIpc) is 3.27. The number of halogens is 2. The first kappa shape index (κ1) is 27.9. The molecule has 0 aliphatic carbocycles. The Morgan fingerprint density at radius 1 is 1.10 bits per heavy atom. The largest absolute Gasteiger partial charge is 0.490 e. The van der Waals surface area contributed by atoms with Gasteiger partial charge >= 0.3 is 0 Å². The van der Waals surface area contributed by atoms with E-state index < -0.39 is 4.92 Å². The zero-order valence-corrected chi connectivity index (χ0v) is 24.7. The highest BCUT2D eigenvalue weighted by atomic mass is 127. The van der Waals surface area contributed by atoms with E-state index in [9.17, 15) is 14.9 Å². The van der Waals surface area contributed by atoms with Crippen LogP contribution in [0.25, 0.3) is 16.8 Å². The number of non-ortho nitro benzene ring substituents is 1. The Balaban J connectivity index is 1.38. The summed E-state index contributed by atoms with van der Waals surface area (Å²) in [5.74, 6) is 0.901. The van der Waals surface area contributed by atoms with Gasteiger partial charge in [0.1, 0.15) is 6.61 Å². The number of ether oxygens (including phenoxy) is 2. The van der Waals surface area contributed by atoms with Crippen molar-refractivity contribution in [2.24, 2.45) is 4.99 Å². The summed E-state index contributed by atoms with van der Waals surface area (Å²) in [5, 5.41) is 16.4. The first-order valence-electron chi connectivity index (χ1n) is 12.1. The third kappa shape index (κ3) is 6.24. The number of thioether (sulfide) groups is 1. The lowest BCUT2D eigenvalue weighted by molar-refractivity contribution is -0.384. The Labute approximate surface area is 252 Å². The maximum Gasteiger partial charge on any atom is 0.271 e. The third-order valence-corrected chi connectivity index (χ3v) is 7.91. The number of nitro benzene ring substituents is 1. The highest BCUT2D eigenvalue weighted by molar-refractivity contribution is 14.1. The quantitative estimate of drug-likeness (QED) is 0.0877. The second-order valence-corrected chi connectivity index (χ2v) is 11.2. The minimum atomic E-state index is -0.534. The van der Waals surface area contributed by atoms with E-state index in [0.29, 0.717) is 40.5 Å². The van der Waals surface area contributed by atoms with Crippen molar-refractivity contribution in [3.05, 3.63) is 108 Å². The predicted molar refractivity (Wildman–Crippen MR) is 168 cm³/mol. The van der Waals surface area contributed by atoms with Gasteiger partial charge in [0.25, 0.3) is 11.6 Å². The lowest BCUT2D eigenvalue weighted by atomic mass is 10.1. The molecule has 1 amide bonds. The summed E-state index contributed by atoms with van der Waals surface area (Å²) in [4.78, 5) is 27.9. The van der Waals surface area contributed by atoms with E-state index in [4.69, 9.17) is 21.1 Å². The molecule has 0 saturated carbocycles. The minimum absolute atomic E-state index is 0.115. The summed E-state index contributed by atoms with van der Waals surface area (Å²) < 4.78 is 13.0. The molecular formula is C29H21ClIN3O5S. The first-order valence-corrected chi connectivity index (χ1v) is 14.4. The number of fused-ring (bicyclic) bond motifs is 1. The van der Waals surface area contributed by atoms with Crippen molar-refractivity contribution >= 4 is 85.3 Å². The molecule has 0 radical (unpaired) electrons. The number of hydrogen-bond acceptors (Lipinski definition) is 7. The lowest BCUT2D eigenvalue weighted by Gasteiger charge is -2.16. The number of amides is 1. The molecule has 202 valence electrons. The van der Waals surface area contributed by atoms with Gasteiger partial charge in [-0.1, -0.05) is 54.1 Å². The van der Waals surface area contributed by atoms with Crippen molar-refractivity contribution in [3.8, 4) is 11.5 Å². The Kier molecular flexibility index (Phi) is 8.57. The van der Waals surface area contributed by atoms with Crippen LogP contribution in [0.4, 0.5) is 11.4 Å². The van der Waals surface area contributed by atoms with Crippen molar-refractivity contribution in [3.63, 3.8) is 0 Å². The van der Waals surface area contributed by atoms with Gasteiger partial charge in [-0.2, -0.15) is 0 Å². The van der Waals surface area contributed by atoms with Crippen molar-refractivity contribution in [2.75, 3.05) is 6.61 Å². The van der Waals surface area contributed by atoms with Crippen LogP contribution in [-0.4, -0.2) is 22.6 Å². The number of hydrogen-bond donors (Lipinski definition) is 1.